The Labute approximate surface area is 124 Å². The molecular formula is C18H19N3. The van der Waals surface area contributed by atoms with Crippen LogP contribution in [0, 0.1) is 0 Å². The summed E-state index contributed by atoms with van der Waals surface area (Å²) in [5, 5.41) is 3.68. The van der Waals surface area contributed by atoms with Crippen LogP contribution in [0.1, 0.15) is 35.7 Å². The molecular weight excluding hydrogens is 258 g/mol. The van der Waals surface area contributed by atoms with Gasteiger partial charge in [0.15, 0.2) is 0 Å². The van der Waals surface area contributed by atoms with Crippen LogP contribution < -0.4 is 5.32 Å². The molecule has 0 radical (unpaired) electrons. The molecule has 0 fully saturated rings. The van der Waals surface area contributed by atoms with E-state index in [1.54, 1.807) is 0 Å². The third-order valence-electron chi connectivity index (χ3n) is 4.31. The predicted octanol–water partition coefficient (Wildman–Crippen LogP) is 3.50. The van der Waals surface area contributed by atoms with Crippen LogP contribution in [0.3, 0.4) is 0 Å². The standard InChI is InChI=1S/C18H19N3/c1-2-8-16-14(6-1)7-5-9-17(16)19-12-15-13-21-11-4-3-10-18(21)20-15/h1-4,6,8,10-11,13,17,19H,5,7,9,12H2. The van der Waals surface area contributed by atoms with Crippen LogP contribution in [-0.2, 0) is 13.0 Å². The first-order valence-electron chi connectivity index (χ1n) is 7.64. The third-order valence-corrected chi connectivity index (χ3v) is 4.31. The van der Waals surface area contributed by atoms with E-state index in [0.717, 1.165) is 17.9 Å². The van der Waals surface area contributed by atoms with Crippen LogP contribution in [0.5, 0.6) is 0 Å². The first-order chi connectivity index (χ1) is 10.4. The highest BCUT2D eigenvalue weighted by Crippen LogP contribution is 2.29. The molecule has 1 N–H and O–H groups in total. The zero-order valence-corrected chi connectivity index (χ0v) is 12.0. The average Bonchev–Trinajstić information content (AvgIpc) is 2.96. The molecule has 0 aliphatic heterocycles. The summed E-state index contributed by atoms with van der Waals surface area (Å²) in [6, 6.07) is 15.4. The molecule has 1 aromatic carbocycles. The second-order valence-electron chi connectivity index (χ2n) is 5.72. The van der Waals surface area contributed by atoms with Gasteiger partial charge in [-0.2, -0.15) is 0 Å². The fourth-order valence-corrected chi connectivity index (χ4v) is 3.27. The minimum atomic E-state index is 0.458. The van der Waals surface area contributed by atoms with E-state index in [-0.39, 0.29) is 0 Å². The van der Waals surface area contributed by atoms with Crippen LogP contribution in [0.25, 0.3) is 5.65 Å². The van der Waals surface area contributed by atoms with E-state index in [4.69, 9.17) is 0 Å². The summed E-state index contributed by atoms with van der Waals surface area (Å²) in [7, 11) is 0. The van der Waals surface area contributed by atoms with Crippen molar-refractivity contribution in [3.63, 3.8) is 0 Å². The Bertz CT molecular complexity index is 727. The SMILES string of the molecule is c1ccc2c(c1)CCCC2NCc1cn2ccccc2n1. The number of hydrogen-bond acceptors (Lipinski definition) is 2. The average molecular weight is 277 g/mol. The van der Waals surface area contributed by atoms with Crippen molar-refractivity contribution < 1.29 is 0 Å². The van der Waals surface area contributed by atoms with Gasteiger partial charge in [-0.1, -0.05) is 30.3 Å². The minimum Gasteiger partial charge on any atom is -0.307 e. The normalized spacial score (nSPS) is 17.8. The number of rotatable bonds is 3. The van der Waals surface area contributed by atoms with E-state index in [0.29, 0.717) is 6.04 Å². The minimum absolute atomic E-state index is 0.458. The fourth-order valence-electron chi connectivity index (χ4n) is 3.27. The van der Waals surface area contributed by atoms with Crippen LogP contribution >= 0.6 is 0 Å². The Morgan fingerprint density at radius 3 is 3.00 bits per heavy atom. The van der Waals surface area contributed by atoms with Gasteiger partial charge in [-0.15, -0.1) is 0 Å². The topological polar surface area (TPSA) is 29.3 Å². The monoisotopic (exact) mass is 277 g/mol. The highest BCUT2D eigenvalue weighted by atomic mass is 15.0. The maximum atomic E-state index is 4.65. The molecule has 4 rings (SSSR count). The van der Waals surface area contributed by atoms with E-state index >= 15 is 0 Å². The van der Waals surface area contributed by atoms with E-state index in [2.05, 4.69) is 45.2 Å². The number of nitrogens with zero attached hydrogens (tertiary/aromatic N) is 2. The third kappa shape index (κ3) is 2.45. The first-order valence-corrected chi connectivity index (χ1v) is 7.64. The number of fused-ring (bicyclic) bond motifs is 2. The molecule has 3 nitrogen and oxygen atoms in total. The maximum absolute atomic E-state index is 4.65. The van der Waals surface area contributed by atoms with Gasteiger partial charge in [-0.3, -0.25) is 0 Å². The van der Waals surface area contributed by atoms with Gasteiger partial charge >= 0.3 is 0 Å². The Morgan fingerprint density at radius 2 is 2.05 bits per heavy atom. The van der Waals surface area contributed by atoms with Gasteiger partial charge in [-0.25, -0.2) is 4.98 Å². The predicted molar refractivity (Wildman–Crippen MR) is 84.2 cm³/mol. The first kappa shape index (κ1) is 12.6. The van der Waals surface area contributed by atoms with Gasteiger partial charge < -0.3 is 9.72 Å². The van der Waals surface area contributed by atoms with Gasteiger partial charge in [0.2, 0.25) is 0 Å². The smallest absolute Gasteiger partial charge is 0.137 e. The highest BCUT2D eigenvalue weighted by Gasteiger charge is 2.19. The van der Waals surface area contributed by atoms with Crippen molar-refractivity contribution in [1.29, 1.82) is 0 Å². The van der Waals surface area contributed by atoms with Crippen molar-refractivity contribution >= 4 is 5.65 Å². The van der Waals surface area contributed by atoms with Crippen LogP contribution in [0.2, 0.25) is 0 Å². The zero-order valence-electron chi connectivity index (χ0n) is 12.0. The van der Waals surface area contributed by atoms with Crippen LogP contribution in [0.4, 0.5) is 0 Å². The van der Waals surface area contributed by atoms with E-state index in [1.807, 2.05) is 24.4 Å². The molecule has 2 heterocycles. The number of pyridine rings is 1. The van der Waals surface area contributed by atoms with Gasteiger partial charge in [0.05, 0.1) is 5.69 Å². The lowest BCUT2D eigenvalue weighted by molar-refractivity contribution is 0.457. The number of nitrogens with one attached hydrogen (secondary N) is 1. The second-order valence-corrected chi connectivity index (χ2v) is 5.72. The van der Waals surface area contributed by atoms with Gasteiger partial charge in [-0.05, 0) is 42.5 Å². The maximum Gasteiger partial charge on any atom is 0.137 e. The highest BCUT2D eigenvalue weighted by molar-refractivity contribution is 5.39. The number of benzene rings is 1. The molecule has 0 spiro atoms. The van der Waals surface area contributed by atoms with E-state index < -0.39 is 0 Å². The Balaban J connectivity index is 1.52. The number of aromatic nitrogens is 2. The van der Waals surface area contributed by atoms with Crippen molar-refractivity contribution in [3.05, 3.63) is 71.7 Å². The molecule has 1 aliphatic rings. The molecule has 1 aliphatic carbocycles. The lowest BCUT2D eigenvalue weighted by atomic mass is 9.88. The summed E-state index contributed by atoms with van der Waals surface area (Å²) in [5.74, 6) is 0. The Morgan fingerprint density at radius 1 is 1.14 bits per heavy atom. The molecule has 2 aromatic heterocycles. The molecule has 0 bridgehead atoms. The molecule has 0 saturated carbocycles. The van der Waals surface area contributed by atoms with Crippen molar-refractivity contribution in [3.8, 4) is 0 Å². The molecule has 3 heteroatoms. The van der Waals surface area contributed by atoms with Crippen molar-refractivity contribution in [2.24, 2.45) is 0 Å². The molecule has 1 atom stereocenters. The molecule has 1 unspecified atom stereocenters. The van der Waals surface area contributed by atoms with Gasteiger partial charge in [0.1, 0.15) is 5.65 Å². The summed E-state index contributed by atoms with van der Waals surface area (Å²) < 4.78 is 2.08. The van der Waals surface area contributed by atoms with Gasteiger partial charge in [0, 0.05) is 25.0 Å². The van der Waals surface area contributed by atoms with Crippen LogP contribution in [0.15, 0.2) is 54.9 Å². The van der Waals surface area contributed by atoms with E-state index in [9.17, 15) is 0 Å². The number of hydrogen-bond donors (Lipinski definition) is 1. The molecule has 21 heavy (non-hydrogen) atoms. The summed E-state index contributed by atoms with van der Waals surface area (Å²) >= 11 is 0. The summed E-state index contributed by atoms with van der Waals surface area (Å²) in [6.45, 7) is 0.820. The zero-order chi connectivity index (χ0) is 14.1. The summed E-state index contributed by atoms with van der Waals surface area (Å²) in [5.41, 5.74) is 5.08. The lowest BCUT2D eigenvalue weighted by Crippen LogP contribution is -2.24. The molecule has 0 amide bonds. The van der Waals surface area contributed by atoms with Crippen molar-refractivity contribution in [1.82, 2.24) is 14.7 Å². The van der Waals surface area contributed by atoms with Crippen LogP contribution in [-0.4, -0.2) is 9.38 Å². The fraction of sp³-hybridized carbons (Fsp3) is 0.278. The lowest BCUT2D eigenvalue weighted by Gasteiger charge is -2.26. The summed E-state index contributed by atoms with van der Waals surface area (Å²) in [6.07, 6.45) is 7.84. The van der Waals surface area contributed by atoms with Crippen molar-refractivity contribution in [2.45, 2.75) is 31.8 Å². The molecule has 0 saturated heterocycles. The van der Waals surface area contributed by atoms with Crippen molar-refractivity contribution in [2.75, 3.05) is 0 Å². The quantitative estimate of drug-likeness (QED) is 0.794. The van der Waals surface area contributed by atoms with E-state index in [1.165, 1.54) is 30.4 Å². The molecule has 3 aromatic rings. The number of aryl methyl sites for hydroxylation is 1. The Hall–Kier alpha value is -2.13. The summed E-state index contributed by atoms with van der Waals surface area (Å²) in [4.78, 5) is 4.65. The number of imidazole rings is 1. The Kier molecular flexibility index (Phi) is 3.20. The second kappa shape index (κ2) is 5.34. The largest absolute Gasteiger partial charge is 0.307 e. The van der Waals surface area contributed by atoms with Gasteiger partial charge in [0.25, 0.3) is 0 Å². The molecule has 106 valence electrons.